The van der Waals surface area contributed by atoms with Crippen LogP contribution in [0.5, 0.6) is 0 Å². The van der Waals surface area contributed by atoms with Crippen molar-refractivity contribution in [3.63, 3.8) is 0 Å². The fourth-order valence-corrected chi connectivity index (χ4v) is 0.0456. The molecule has 28 valence electrons. The third-order valence-corrected chi connectivity index (χ3v) is 0.181. The van der Waals surface area contributed by atoms with Crippen LogP contribution in [0.3, 0.4) is 0 Å². The van der Waals surface area contributed by atoms with Crippen molar-refractivity contribution in [2.24, 2.45) is 5.73 Å². The molecule has 0 unspecified atom stereocenters. The molecule has 0 amide bonds. The normalized spacial score (nSPS) is 5.60. The van der Waals surface area contributed by atoms with Crippen LogP contribution in [0.4, 0.5) is 0 Å². The molecule has 0 aromatic heterocycles. The molecule has 0 radical (unpaired) electrons. The van der Waals surface area contributed by atoms with Crippen LogP contribution in [0.15, 0.2) is 0 Å². The topological polar surface area (TPSA) is 61.8 Å². The van der Waals surface area contributed by atoms with Gasteiger partial charge in [-0.05, 0) is 0 Å². The SMILES string of the molecule is N#CNCN. The van der Waals surface area contributed by atoms with E-state index < -0.39 is 0 Å². The van der Waals surface area contributed by atoms with E-state index >= 15 is 0 Å². The molecule has 0 saturated heterocycles. The molecule has 5 heavy (non-hydrogen) atoms. The van der Waals surface area contributed by atoms with Gasteiger partial charge in [-0.3, -0.25) is 0 Å². The lowest BCUT2D eigenvalue weighted by Gasteiger charge is -1.76. The first-order valence-corrected chi connectivity index (χ1v) is 1.24. The highest BCUT2D eigenvalue weighted by atomic mass is 14.9. The average molecular weight is 71.1 g/mol. The number of hydrogen-bond donors (Lipinski definition) is 2. The van der Waals surface area contributed by atoms with Crippen molar-refractivity contribution in [1.82, 2.24) is 5.32 Å². The predicted octanol–water partition coefficient (Wildman–Crippen LogP) is -1.03. The van der Waals surface area contributed by atoms with Crippen molar-refractivity contribution in [3.8, 4) is 6.19 Å². The van der Waals surface area contributed by atoms with Crippen LogP contribution in [0.1, 0.15) is 0 Å². The number of nitrogens with two attached hydrogens (primary N) is 1. The molecule has 3 heteroatoms. The molecule has 0 bridgehead atoms. The Kier molecular flexibility index (Phi) is 2.76. The molecule has 0 atom stereocenters. The number of nitrogens with zero attached hydrogens (tertiary/aromatic N) is 1. The fraction of sp³-hybridized carbons (Fsp3) is 0.500. The summed E-state index contributed by atoms with van der Waals surface area (Å²) in [6.45, 7) is 0.233. The van der Waals surface area contributed by atoms with Gasteiger partial charge in [0.25, 0.3) is 0 Å². The Bertz CT molecular complexity index is 43.3. The summed E-state index contributed by atoms with van der Waals surface area (Å²) in [6.07, 6.45) is 1.64. The van der Waals surface area contributed by atoms with Crippen LogP contribution in [0.25, 0.3) is 0 Å². The summed E-state index contributed by atoms with van der Waals surface area (Å²) >= 11 is 0. The van der Waals surface area contributed by atoms with E-state index in [-0.39, 0.29) is 6.67 Å². The van der Waals surface area contributed by atoms with Gasteiger partial charge in [-0.15, -0.1) is 0 Å². The molecule has 3 nitrogen and oxygen atoms in total. The number of nitriles is 1. The van der Waals surface area contributed by atoms with Crippen LogP contribution >= 0.6 is 0 Å². The van der Waals surface area contributed by atoms with Crippen LogP contribution < -0.4 is 11.1 Å². The van der Waals surface area contributed by atoms with Gasteiger partial charge in [0.2, 0.25) is 0 Å². The average Bonchev–Trinajstić information content (AvgIpc) is 1.41. The monoisotopic (exact) mass is 71.0 g/mol. The minimum atomic E-state index is 0.233. The molecule has 0 rings (SSSR count). The fourth-order valence-electron chi connectivity index (χ4n) is 0.0456. The van der Waals surface area contributed by atoms with Gasteiger partial charge < -0.3 is 11.1 Å². The summed E-state index contributed by atoms with van der Waals surface area (Å²) in [5.41, 5.74) is 4.81. The van der Waals surface area contributed by atoms with E-state index in [0.717, 1.165) is 0 Å². The largest absolute Gasteiger partial charge is 0.313 e. The first-order chi connectivity index (χ1) is 2.41. The van der Waals surface area contributed by atoms with Gasteiger partial charge in [-0.25, -0.2) is 0 Å². The molecule has 0 aliphatic heterocycles. The molecule has 0 aliphatic rings. The summed E-state index contributed by atoms with van der Waals surface area (Å²) < 4.78 is 0. The smallest absolute Gasteiger partial charge is 0.177 e. The summed E-state index contributed by atoms with van der Waals surface area (Å²) in [5, 5.41) is 9.82. The van der Waals surface area contributed by atoms with Crippen molar-refractivity contribution in [2.75, 3.05) is 6.67 Å². The molecule has 0 spiro atoms. The van der Waals surface area contributed by atoms with E-state index in [9.17, 15) is 0 Å². The Morgan fingerprint density at radius 2 is 2.60 bits per heavy atom. The minimum absolute atomic E-state index is 0.233. The molecule has 0 aromatic rings. The van der Waals surface area contributed by atoms with Gasteiger partial charge in [0, 0.05) is 0 Å². The van der Waals surface area contributed by atoms with E-state index in [2.05, 4.69) is 5.32 Å². The maximum atomic E-state index is 7.63. The third kappa shape index (κ3) is 3.25. The number of rotatable bonds is 1. The third-order valence-electron chi connectivity index (χ3n) is 0.181. The molecule has 0 fully saturated rings. The zero-order chi connectivity index (χ0) is 4.12. The minimum Gasteiger partial charge on any atom is -0.313 e. The Labute approximate surface area is 30.4 Å². The van der Waals surface area contributed by atoms with Crippen LogP contribution in [0.2, 0.25) is 0 Å². The van der Waals surface area contributed by atoms with E-state index in [4.69, 9.17) is 11.0 Å². The lowest BCUT2D eigenvalue weighted by atomic mass is 11.1. The first kappa shape index (κ1) is 4.25. The molecule has 0 aromatic carbocycles. The zero-order valence-electron chi connectivity index (χ0n) is 2.73. The van der Waals surface area contributed by atoms with Crippen molar-refractivity contribution in [1.29, 1.82) is 5.26 Å². The summed E-state index contributed by atoms with van der Waals surface area (Å²) in [5.74, 6) is 0. The molecule has 0 saturated carbocycles. The van der Waals surface area contributed by atoms with Gasteiger partial charge in [0.1, 0.15) is 0 Å². The maximum Gasteiger partial charge on any atom is 0.177 e. The standard InChI is InChI=1S/C2H5N3/c3-1-5-2-4/h5H,1,3H2. The second-order valence-electron chi connectivity index (χ2n) is 0.493. The lowest BCUT2D eigenvalue weighted by molar-refractivity contribution is 0.898. The molecular formula is C2H5N3. The molecule has 0 heterocycles. The van der Waals surface area contributed by atoms with Gasteiger partial charge in [-0.1, -0.05) is 0 Å². The summed E-state index contributed by atoms with van der Waals surface area (Å²) in [6, 6.07) is 0. The zero-order valence-corrected chi connectivity index (χ0v) is 2.73. The quantitative estimate of drug-likeness (QED) is 0.236. The molecular weight excluding hydrogens is 66.0 g/mol. The van der Waals surface area contributed by atoms with Gasteiger partial charge in [0.15, 0.2) is 6.19 Å². The second kappa shape index (κ2) is 3.25. The van der Waals surface area contributed by atoms with Crippen LogP contribution in [0, 0.1) is 11.5 Å². The Balaban J connectivity index is 2.48. The van der Waals surface area contributed by atoms with E-state index in [1.807, 2.05) is 0 Å². The summed E-state index contributed by atoms with van der Waals surface area (Å²) in [7, 11) is 0. The highest BCUT2D eigenvalue weighted by molar-refractivity contribution is 4.59. The van der Waals surface area contributed by atoms with E-state index in [0.29, 0.717) is 0 Å². The number of nitrogens with one attached hydrogen (secondary N) is 1. The van der Waals surface area contributed by atoms with Gasteiger partial charge in [0.05, 0.1) is 6.67 Å². The first-order valence-electron chi connectivity index (χ1n) is 1.24. The summed E-state index contributed by atoms with van der Waals surface area (Å²) in [4.78, 5) is 0. The van der Waals surface area contributed by atoms with Crippen LogP contribution in [-0.2, 0) is 0 Å². The van der Waals surface area contributed by atoms with Crippen molar-refractivity contribution >= 4 is 0 Å². The predicted molar refractivity (Wildman–Crippen MR) is 17.8 cm³/mol. The van der Waals surface area contributed by atoms with Crippen LogP contribution in [-0.4, -0.2) is 6.67 Å². The van der Waals surface area contributed by atoms with E-state index in [1.54, 1.807) is 6.19 Å². The lowest BCUT2D eigenvalue weighted by Crippen LogP contribution is -2.15. The molecule has 0 aliphatic carbocycles. The van der Waals surface area contributed by atoms with E-state index in [1.165, 1.54) is 0 Å². The second-order valence-corrected chi connectivity index (χ2v) is 0.493. The molecule has 3 N–H and O–H groups in total. The van der Waals surface area contributed by atoms with Gasteiger partial charge in [-0.2, -0.15) is 5.26 Å². The highest BCUT2D eigenvalue weighted by Gasteiger charge is 1.57. The Hall–Kier alpha value is -0.750. The Morgan fingerprint density at radius 1 is 2.00 bits per heavy atom. The van der Waals surface area contributed by atoms with Gasteiger partial charge >= 0.3 is 0 Å². The van der Waals surface area contributed by atoms with Crippen molar-refractivity contribution < 1.29 is 0 Å². The Morgan fingerprint density at radius 3 is 2.60 bits per heavy atom. The highest BCUT2D eigenvalue weighted by Crippen LogP contribution is 1.27. The van der Waals surface area contributed by atoms with Crippen molar-refractivity contribution in [3.05, 3.63) is 0 Å². The van der Waals surface area contributed by atoms with Crippen molar-refractivity contribution in [2.45, 2.75) is 0 Å². The maximum absolute atomic E-state index is 7.63. The number of hydrogen-bond acceptors (Lipinski definition) is 3.